The predicted molar refractivity (Wildman–Crippen MR) is 145 cm³/mol. The van der Waals surface area contributed by atoms with Crippen LogP contribution in [0.5, 0.6) is 5.75 Å². The van der Waals surface area contributed by atoms with E-state index in [9.17, 15) is 4.79 Å². The molecule has 2 aromatic rings. The van der Waals surface area contributed by atoms with Gasteiger partial charge < -0.3 is 24.8 Å². The van der Waals surface area contributed by atoms with Crippen molar-refractivity contribution in [3.8, 4) is 16.9 Å². The SMILES string of the molecule is CC(C)CC(C)(COc1ccc(-c2ccnc(NC3CCCOC3)c2)cc1Cl)NC(=O)OC(C)(C)C. The van der Waals surface area contributed by atoms with Crippen LogP contribution in [0, 0.1) is 5.92 Å². The molecular formula is C28H40ClN3O4. The number of nitrogens with zero attached hydrogens (tertiary/aromatic N) is 1. The van der Waals surface area contributed by atoms with Crippen LogP contribution in [0.2, 0.25) is 5.02 Å². The molecule has 2 heterocycles. The minimum atomic E-state index is -0.618. The van der Waals surface area contributed by atoms with Crippen LogP contribution in [0.25, 0.3) is 11.1 Å². The summed E-state index contributed by atoms with van der Waals surface area (Å²) in [5.41, 5.74) is 0.783. The molecule has 0 aliphatic carbocycles. The lowest BCUT2D eigenvalue weighted by atomic mass is 9.91. The van der Waals surface area contributed by atoms with E-state index in [-0.39, 0.29) is 12.6 Å². The Balaban J connectivity index is 1.68. The van der Waals surface area contributed by atoms with Crippen molar-refractivity contribution in [2.45, 2.75) is 78.0 Å². The number of ether oxygens (including phenoxy) is 3. The molecule has 1 aromatic heterocycles. The summed E-state index contributed by atoms with van der Waals surface area (Å²) < 4.78 is 17.1. The second-order valence-corrected chi connectivity index (χ2v) is 11.6. The lowest BCUT2D eigenvalue weighted by Crippen LogP contribution is -2.52. The average Bonchev–Trinajstić information content (AvgIpc) is 2.77. The molecule has 0 saturated carbocycles. The lowest BCUT2D eigenvalue weighted by Gasteiger charge is -2.33. The van der Waals surface area contributed by atoms with Crippen molar-refractivity contribution in [1.29, 1.82) is 0 Å². The largest absolute Gasteiger partial charge is 0.490 e. The Morgan fingerprint density at radius 3 is 2.58 bits per heavy atom. The first-order valence-electron chi connectivity index (χ1n) is 12.7. The maximum atomic E-state index is 12.5. The van der Waals surface area contributed by atoms with Crippen molar-refractivity contribution in [2.75, 3.05) is 25.1 Å². The zero-order valence-corrected chi connectivity index (χ0v) is 23.1. The van der Waals surface area contributed by atoms with Gasteiger partial charge in [0.05, 0.1) is 23.2 Å². The summed E-state index contributed by atoms with van der Waals surface area (Å²) in [6.45, 7) is 13.5. The summed E-state index contributed by atoms with van der Waals surface area (Å²) in [6.07, 6.45) is 4.18. The fourth-order valence-corrected chi connectivity index (χ4v) is 4.62. The van der Waals surface area contributed by atoms with Gasteiger partial charge >= 0.3 is 6.09 Å². The zero-order valence-electron chi connectivity index (χ0n) is 22.3. The van der Waals surface area contributed by atoms with Gasteiger partial charge in [0, 0.05) is 12.8 Å². The van der Waals surface area contributed by atoms with Crippen LogP contribution in [0.3, 0.4) is 0 Å². The summed E-state index contributed by atoms with van der Waals surface area (Å²) in [4.78, 5) is 16.9. The number of amides is 1. The zero-order chi connectivity index (χ0) is 26.3. The second kappa shape index (κ2) is 12.2. The quantitative estimate of drug-likeness (QED) is 0.385. The number of nitrogens with one attached hydrogen (secondary N) is 2. The van der Waals surface area contributed by atoms with Crippen LogP contribution in [0.15, 0.2) is 36.5 Å². The fraction of sp³-hybridized carbons (Fsp3) is 0.571. The number of carbonyl (C=O) groups is 1. The van der Waals surface area contributed by atoms with E-state index in [1.54, 1.807) is 6.20 Å². The average molecular weight is 518 g/mol. The van der Waals surface area contributed by atoms with E-state index in [1.165, 1.54) is 0 Å². The molecule has 1 amide bonds. The van der Waals surface area contributed by atoms with Crippen molar-refractivity contribution in [2.24, 2.45) is 5.92 Å². The van der Waals surface area contributed by atoms with Crippen LogP contribution in [0.1, 0.15) is 60.8 Å². The van der Waals surface area contributed by atoms with Crippen molar-refractivity contribution in [1.82, 2.24) is 10.3 Å². The summed E-state index contributed by atoms with van der Waals surface area (Å²) >= 11 is 6.62. The standard InChI is InChI=1S/C28H40ClN3O4/c1-19(2)16-28(6,32-26(33)36-27(3,4)5)18-35-24-10-9-20(14-23(24)29)21-11-12-30-25(15-21)31-22-8-7-13-34-17-22/h9-12,14-15,19,22H,7-8,13,16-18H2,1-6H3,(H,30,31)(H,32,33). The highest BCUT2D eigenvalue weighted by Gasteiger charge is 2.31. The van der Waals surface area contributed by atoms with E-state index in [1.807, 2.05) is 58.0 Å². The summed E-state index contributed by atoms with van der Waals surface area (Å²) in [5, 5.41) is 6.96. The van der Waals surface area contributed by atoms with Gasteiger partial charge in [-0.1, -0.05) is 31.5 Å². The van der Waals surface area contributed by atoms with Crippen LogP contribution < -0.4 is 15.4 Å². The molecule has 1 fully saturated rings. The molecule has 2 unspecified atom stereocenters. The van der Waals surface area contributed by atoms with Gasteiger partial charge in [0.2, 0.25) is 0 Å². The number of anilines is 1. The highest BCUT2D eigenvalue weighted by Crippen LogP contribution is 2.32. The molecule has 0 radical (unpaired) electrons. The third-order valence-electron chi connectivity index (χ3n) is 5.75. The van der Waals surface area contributed by atoms with Crippen LogP contribution in [-0.2, 0) is 9.47 Å². The number of halogens is 1. The van der Waals surface area contributed by atoms with E-state index in [0.717, 1.165) is 42.8 Å². The van der Waals surface area contributed by atoms with Crippen LogP contribution in [-0.4, -0.2) is 48.1 Å². The molecule has 7 nitrogen and oxygen atoms in total. The van der Waals surface area contributed by atoms with Gasteiger partial charge in [0.1, 0.15) is 23.8 Å². The second-order valence-electron chi connectivity index (χ2n) is 11.2. The monoisotopic (exact) mass is 517 g/mol. The van der Waals surface area contributed by atoms with Gasteiger partial charge in [-0.15, -0.1) is 0 Å². The van der Waals surface area contributed by atoms with E-state index in [2.05, 4.69) is 29.5 Å². The molecule has 2 N–H and O–H groups in total. The molecule has 36 heavy (non-hydrogen) atoms. The predicted octanol–water partition coefficient (Wildman–Crippen LogP) is 6.70. The Bertz CT molecular complexity index is 1020. The molecule has 0 spiro atoms. The van der Waals surface area contributed by atoms with Gasteiger partial charge in [0.15, 0.2) is 0 Å². The molecule has 0 bridgehead atoms. The fourth-order valence-electron chi connectivity index (χ4n) is 4.38. The molecule has 198 valence electrons. The van der Waals surface area contributed by atoms with Crippen molar-refractivity contribution in [3.63, 3.8) is 0 Å². The van der Waals surface area contributed by atoms with Crippen LogP contribution in [0.4, 0.5) is 10.6 Å². The normalized spacial score (nSPS) is 17.8. The van der Waals surface area contributed by atoms with E-state index in [4.69, 9.17) is 25.8 Å². The first-order chi connectivity index (χ1) is 16.9. The Hall–Kier alpha value is -2.51. The van der Waals surface area contributed by atoms with Crippen molar-refractivity contribution >= 4 is 23.5 Å². The van der Waals surface area contributed by atoms with Gasteiger partial charge in [0.25, 0.3) is 0 Å². The third-order valence-corrected chi connectivity index (χ3v) is 6.04. The molecule has 3 rings (SSSR count). The minimum absolute atomic E-state index is 0.260. The lowest BCUT2D eigenvalue weighted by molar-refractivity contribution is 0.0408. The Morgan fingerprint density at radius 2 is 1.94 bits per heavy atom. The number of hydrogen-bond acceptors (Lipinski definition) is 6. The van der Waals surface area contributed by atoms with Gasteiger partial charge in [-0.3, -0.25) is 0 Å². The van der Waals surface area contributed by atoms with E-state index >= 15 is 0 Å². The molecule has 8 heteroatoms. The van der Waals surface area contributed by atoms with Gasteiger partial charge in [-0.05, 0) is 88.3 Å². The molecular weight excluding hydrogens is 478 g/mol. The number of carbonyl (C=O) groups excluding carboxylic acids is 1. The molecule has 1 saturated heterocycles. The topological polar surface area (TPSA) is 81.7 Å². The molecule has 1 aromatic carbocycles. The Morgan fingerprint density at radius 1 is 1.19 bits per heavy atom. The number of pyridine rings is 1. The number of hydrogen-bond donors (Lipinski definition) is 2. The van der Waals surface area contributed by atoms with E-state index in [0.29, 0.717) is 23.3 Å². The number of aromatic nitrogens is 1. The Kier molecular flexibility index (Phi) is 9.47. The van der Waals surface area contributed by atoms with Crippen molar-refractivity contribution in [3.05, 3.63) is 41.6 Å². The maximum Gasteiger partial charge on any atom is 0.408 e. The van der Waals surface area contributed by atoms with Gasteiger partial charge in [-0.25, -0.2) is 9.78 Å². The first kappa shape index (κ1) is 28.1. The highest BCUT2D eigenvalue weighted by atomic mass is 35.5. The molecule has 1 aliphatic rings. The van der Waals surface area contributed by atoms with E-state index < -0.39 is 17.2 Å². The number of alkyl carbamates (subject to hydrolysis) is 1. The van der Waals surface area contributed by atoms with Gasteiger partial charge in [-0.2, -0.15) is 0 Å². The van der Waals surface area contributed by atoms with Crippen LogP contribution >= 0.6 is 11.6 Å². The van der Waals surface area contributed by atoms with Crippen molar-refractivity contribution < 1.29 is 19.0 Å². The number of benzene rings is 1. The maximum absolute atomic E-state index is 12.5. The minimum Gasteiger partial charge on any atom is -0.490 e. The first-order valence-corrected chi connectivity index (χ1v) is 13.0. The summed E-state index contributed by atoms with van der Waals surface area (Å²) in [7, 11) is 0. The Labute approximate surface area is 220 Å². The smallest absolute Gasteiger partial charge is 0.408 e. The molecule has 2 atom stereocenters. The third kappa shape index (κ3) is 8.86. The highest BCUT2D eigenvalue weighted by molar-refractivity contribution is 6.32. The number of rotatable bonds is 9. The summed E-state index contributed by atoms with van der Waals surface area (Å²) in [6, 6.07) is 9.98. The summed E-state index contributed by atoms with van der Waals surface area (Å²) in [5.74, 6) is 1.73. The molecule has 1 aliphatic heterocycles.